The molecule has 0 aromatic carbocycles. The van der Waals surface area contributed by atoms with Crippen LogP contribution in [-0.2, 0) is 6.54 Å². The first-order valence-electron chi connectivity index (χ1n) is 6.63. The van der Waals surface area contributed by atoms with Gasteiger partial charge >= 0.3 is 0 Å². The van der Waals surface area contributed by atoms with Crippen LogP contribution in [0.4, 0.5) is 0 Å². The number of aromatic nitrogens is 1. The van der Waals surface area contributed by atoms with Crippen LogP contribution in [0.5, 0.6) is 0 Å². The molecule has 0 amide bonds. The molecule has 0 saturated carbocycles. The quantitative estimate of drug-likeness (QED) is 0.846. The van der Waals surface area contributed by atoms with E-state index >= 15 is 0 Å². The average Bonchev–Trinajstić information content (AvgIpc) is 3.02. The number of nitrogens with zero attached hydrogens (tertiary/aromatic N) is 2. The lowest BCUT2D eigenvalue weighted by atomic mass is 10.3. The third kappa shape index (κ3) is 2.35. The summed E-state index contributed by atoms with van der Waals surface area (Å²) in [5.74, 6) is 0. The first kappa shape index (κ1) is 11.9. The Hall–Kier alpha value is -1.13. The molecule has 0 spiro atoms. The minimum atomic E-state index is 0.162. The predicted molar refractivity (Wildman–Crippen MR) is 76.4 cm³/mol. The molecule has 3 heterocycles. The van der Waals surface area contributed by atoms with Crippen molar-refractivity contribution in [3.05, 3.63) is 34.1 Å². The van der Waals surface area contributed by atoms with Crippen molar-refractivity contribution in [2.45, 2.75) is 25.8 Å². The zero-order chi connectivity index (χ0) is 12.4. The number of pyridine rings is 1. The molecule has 3 rings (SSSR count). The Bertz CT molecular complexity index is 581. The molecule has 1 fully saturated rings. The highest BCUT2D eigenvalue weighted by molar-refractivity contribution is 7.17. The summed E-state index contributed by atoms with van der Waals surface area (Å²) in [6.45, 7) is 4.42. The van der Waals surface area contributed by atoms with Crippen molar-refractivity contribution >= 4 is 21.4 Å². The van der Waals surface area contributed by atoms with Crippen LogP contribution in [0.15, 0.2) is 28.5 Å². The maximum Gasteiger partial charge on any atom is 0.259 e. The molecule has 2 aromatic heterocycles. The van der Waals surface area contributed by atoms with Crippen LogP contribution >= 0.6 is 11.3 Å². The first-order chi connectivity index (χ1) is 8.84. The Morgan fingerprint density at radius 3 is 2.83 bits per heavy atom. The summed E-state index contributed by atoms with van der Waals surface area (Å²) in [7, 11) is 0. The number of thiophene rings is 1. The SMILES string of the molecule is O=c1c2ccsc2ccn1CCCN1CCCC1. The zero-order valence-corrected chi connectivity index (χ0v) is 11.3. The second kappa shape index (κ2) is 5.24. The lowest BCUT2D eigenvalue weighted by Crippen LogP contribution is -2.24. The molecule has 0 N–H and O–H groups in total. The maximum atomic E-state index is 12.2. The second-order valence-corrected chi connectivity index (χ2v) is 5.86. The normalized spacial score (nSPS) is 16.7. The van der Waals surface area contributed by atoms with Crippen molar-refractivity contribution in [3.8, 4) is 0 Å². The molecule has 96 valence electrons. The minimum Gasteiger partial charge on any atom is -0.315 e. The molecule has 0 unspecified atom stereocenters. The second-order valence-electron chi connectivity index (χ2n) is 4.92. The molecule has 1 aliphatic rings. The van der Waals surface area contributed by atoms with Crippen LogP contribution in [0.1, 0.15) is 19.3 Å². The van der Waals surface area contributed by atoms with E-state index in [9.17, 15) is 4.79 Å². The Kier molecular flexibility index (Phi) is 3.48. The summed E-state index contributed by atoms with van der Waals surface area (Å²) in [6.07, 6.45) is 5.67. The van der Waals surface area contributed by atoms with Gasteiger partial charge in [0.15, 0.2) is 0 Å². The standard InChI is InChI=1S/C14H18N2OS/c17-14-12-5-11-18-13(12)4-10-16(14)9-3-8-15-6-1-2-7-15/h4-5,10-11H,1-3,6-9H2. The van der Waals surface area contributed by atoms with Crippen molar-refractivity contribution in [2.75, 3.05) is 19.6 Å². The van der Waals surface area contributed by atoms with Gasteiger partial charge in [0.1, 0.15) is 0 Å². The van der Waals surface area contributed by atoms with Gasteiger partial charge in [0, 0.05) is 17.4 Å². The van der Waals surface area contributed by atoms with E-state index < -0.39 is 0 Å². The number of aryl methyl sites for hydroxylation is 1. The van der Waals surface area contributed by atoms with E-state index in [0.29, 0.717) is 0 Å². The van der Waals surface area contributed by atoms with Crippen LogP contribution in [0.25, 0.3) is 10.1 Å². The smallest absolute Gasteiger partial charge is 0.259 e. The lowest BCUT2D eigenvalue weighted by molar-refractivity contribution is 0.324. The van der Waals surface area contributed by atoms with E-state index in [1.807, 2.05) is 22.2 Å². The predicted octanol–water partition coefficient (Wildman–Crippen LogP) is 2.55. The Balaban J connectivity index is 1.66. The van der Waals surface area contributed by atoms with Gasteiger partial charge in [-0.05, 0) is 56.4 Å². The van der Waals surface area contributed by atoms with Gasteiger partial charge in [-0.3, -0.25) is 4.79 Å². The van der Waals surface area contributed by atoms with Gasteiger partial charge in [-0.2, -0.15) is 0 Å². The van der Waals surface area contributed by atoms with Crippen molar-refractivity contribution in [3.63, 3.8) is 0 Å². The number of hydrogen-bond donors (Lipinski definition) is 0. The lowest BCUT2D eigenvalue weighted by Gasteiger charge is -2.14. The van der Waals surface area contributed by atoms with Crippen LogP contribution in [0, 0.1) is 0 Å². The monoisotopic (exact) mass is 262 g/mol. The van der Waals surface area contributed by atoms with Gasteiger partial charge in [-0.1, -0.05) is 0 Å². The highest BCUT2D eigenvalue weighted by Gasteiger charge is 2.10. The molecule has 0 atom stereocenters. The first-order valence-corrected chi connectivity index (χ1v) is 7.51. The topological polar surface area (TPSA) is 25.2 Å². The van der Waals surface area contributed by atoms with Crippen molar-refractivity contribution in [1.29, 1.82) is 0 Å². The molecule has 1 saturated heterocycles. The molecular formula is C14H18N2OS. The molecular weight excluding hydrogens is 244 g/mol. The van der Waals surface area contributed by atoms with E-state index in [0.717, 1.165) is 29.6 Å². The molecule has 0 radical (unpaired) electrons. The highest BCUT2D eigenvalue weighted by atomic mass is 32.1. The van der Waals surface area contributed by atoms with Crippen LogP contribution in [0.2, 0.25) is 0 Å². The van der Waals surface area contributed by atoms with Crippen LogP contribution in [-0.4, -0.2) is 29.1 Å². The van der Waals surface area contributed by atoms with Crippen LogP contribution in [0.3, 0.4) is 0 Å². The van der Waals surface area contributed by atoms with E-state index in [4.69, 9.17) is 0 Å². The summed E-state index contributed by atoms with van der Waals surface area (Å²) < 4.78 is 2.95. The fourth-order valence-corrected chi connectivity index (χ4v) is 3.43. The highest BCUT2D eigenvalue weighted by Crippen LogP contribution is 2.16. The zero-order valence-electron chi connectivity index (χ0n) is 10.5. The molecule has 18 heavy (non-hydrogen) atoms. The summed E-state index contributed by atoms with van der Waals surface area (Å²) in [5, 5.41) is 2.85. The number of hydrogen-bond acceptors (Lipinski definition) is 3. The van der Waals surface area contributed by atoms with Crippen molar-refractivity contribution < 1.29 is 0 Å². The molecule has 4 heteroatoms. The van der Waals surface area contributed by atoms with Crippen molar-refractivity contribution in [1.82, 2.24) is 9.47 Å². The molecule has 1 aliphatic heterocycles. The fraction of sp³-hybridized carbons (Fsp3) is 0.500. The molecule has 2 aromatic rings. The largest absolute Gasteiger partial charge is 0.315 e. The number of likely N-dealkylation sites (tertiary alicyclic amines) is 1. The fourth-order valence-electron chi connectivity index (χ4n) is 2.65. The van der Waals surface area contributed by atoms with Crippen molar-refractivity contribution in [2.24, 2.45) is 0 Å². The van der Waals surface area contributed by atoms with Gasteiger partial charge in [0.2, 0.25) is 0 Å². The number of fused-ring (bicyclic) bond motifs is 1. The van der Waals surface area contributed by atoms with E-state index in [2.05, 4.69) is 11.0 Å². The van der Waals surface area contributed by atoms with Crippen LogP contribution < -0.4 is 5.56 Å². The van der Waals surface area contributed by atoms with E-state index in [-0.39, 0.29) is 5.56 Å². The van der Waals surface area contributed by atoms with E-state index in [1.165, 1.54) is 25.9 Å². The minimum absolute atomic E-state index is 0.162. The number of rotatable bonds is 4. The molecule has 0 aliphatic carbocycles. The van der Waals surface area contributed by atoms with Gasteiger partial charge < -0.3 is 9.47 Å². The summed E-state index contributed by atoms with van der Waals surface area (Å²) in [6, 6.07) is 3.98. The summed E-state index contributed by atoms with van der Waals surface area (Å²) >= 11 is 1.63. The van der Waals surface area contributed by atoms with Gasteiger partial charge in [0.05, 0.1) is 5.39 Å². The third-order valence-corrected chi connectivity index (χ3v) is 4.55. The molecule has 0 bridgehead atoms. The third-order valence-electron chi connectivity index (χ3n) is 3.66. The Labute approximate surface area is 111 Å². The summed E-state index contributed by atoms with van der Waals surface area (Å²) in [5.41, 5.74) is 0.162. The maximum absolute atomic E-state index is 12.2. The van der Waals surface area contributed by atoms with Gasteiger partial charge in [-0.15, -0.1) is 11.3 Å². The van der Waals surface area contributed by atoms with E-state index in [1.54, 1.807) is 11.3 Å². The molecule has 3 nitrogen and oxygen atoms in total. The average molecular weight is 262 g/mol. The van der Waals surface area contributed by atoms with Gasteiger partial charge in [0.25, 0.3) is 5.56 Å². The summed E-state index contributed by atoms with van der Waals surface area (Å²) in [4.78, 5) is 14.7. The van der Waals surface area contributed by atoms with Gasteiger partial charge in [-0.25, -0.2) is 0 Å². The Morgan fingerprint density at radius 2 is 2.00 bits per heavy atom. The Morgan fingerprint density at radius 1 is 1.17 bits per heavy atom.